The summed E-state index contributed by atoms with van der Waals surface area (Å²) in [6.45, 7) is 8.01. The van der Waals surface area contributed by atoms with Gasteiger partial charge in [-0.3, -0.25) is 0 Å². The minimum atomic E-state index is -2.46. The molecule has 19 heavy (non-hydrogen) atoms. The molecule has 5 heteroatoms. The van der Waals surface area contributed by atoms with Crippen LogP contribution >= 0.6 is 0 Å². The Labute approximate surface area is 114 Å². The smallest absolute Gasteiger partial charge is 0.400 e. The number of halogens is 2. The first-order valence-electron chi connectivity index (χ1n) is 7.03. The fourth-order valence-corrected chi connectivity index (χ4v) is 2.47. The summed E-state index contributed by atoms with van der Waals surface area (Å²) in [4.78, 5) is 0. The van der Waals surface area contributed by atoms with Crippen LogP contribution < -0.4 is 0 Å². The van der Waals surface area contributed by atoms with Crippen LogP contribution in [0.25, 0.3) is 0 Å². The molecule has 1 heterocycles. The van der Waals surface area contributed by atoms with Crippen LogP contribution in [0.15, 0.2) is 12.1 Å². The first-order chi connectivity index (χ1) is 8.61. The van der Waals surface area contributed by atoms with Crippen molar-refractivity contribution in [1.82, 2.24) is 0 Å². The standard InChI is InChI=1S/C14H23BF2O2/c1-12(2)13(3,4)19-15(18-12)10-7-11-5-8-14(16,17)9-6-11/h7,10-11H,5-6,8-9H2,1-4H3. The van der Waals surface area contributed by atoms with Crippen LogP contribution in [0, 0.1) is 5.92 Å². The molecular formula is C14H23BF2O2. The molecule has 0 aromatic rings. The second-order valence-corrected chi connectivity index (χ2v) is 6.70. The highest BCUT2D eigenvalue weighted by Gasteiger charge is 2.50. The summed E-state index contributed by atoms with van der Waals surface area (Å²) in [5.41, 5.74) is -0.691. The molecule has 1 saturated carbocycles. The lowest BCUT2D eigenvalue weighted by atomic mass is 9.82. The average Bonchev–Trinajstić information content (AvgIpc) is 2.46. The molecule has 108 valence electrons. The maximum absolute atomic E-state index is 13.0. The molecule has 0 bridgehead atoms. The Morgan fingerprint density at radius 3 is 1.95 bits per heavy atom. The minimum Gasteiger partial charge on any atom is -0.400 e. The lowest BCUT2D eigenvalue weighted by Crippen LogP contribution is -2.41. The predicted octanol–water partition coefficient (Wildman–Crippen LogP) is 4.00. The van der Waals surface area contributed by atoms with Gasteiger partial charge in [-0.2, -0.15) is 0 Å². The largest absolute Gasteiger partial charge is 0.486 e. The number of hydrogen-bond donors (Lipinski definition) is 0. The van der Waals surface area contributed by atoms with Crippen LogP contribution in [0.3, 0.4) is 0 Å². The van der Waals surface area contributed by atoms with E-state index in [1.165, 1.54) is 0 Å². The number of rotatable bonds is 2. The van der Waals surface area contributed by atoms with E-state index < -0.39 is 5.92 Å². The van der Waals surface area contributed by atoms with E-state index in [1.807, 2.05) is 39.7 Å². The molecule has 2 rings (SSSR count). The fourth-order valence-electron chi connectivity index (χ4n) is 2.47. The van der Waals surface area contributed by atoms with Gasteiger partial charge in [0.2, 0.25) is 5.92 Å². The third-order valence-corrected chi connectivity index (χ3v) is 4.57. The molecule has 2 nitrogen and oxygen atoms in total. The Hall–Kier alpha value is -0.415. The quantitative estimate of drug-likeness (QED) is 0.707. The van der Waals surface area contributed by atoms with E-state index in [-0.39, 0.29) is 37.1 Å². The van der Waals surface area contributed by atoms with Crippen molar-refractivity contribution in [2.24, 2.45) is 5.92 Å². The molecule has 0 spiro atoms. The van der Waals surface area contributed by atoms with Crippen molar-refractivity contribution in [1.29, 1.82) is 0 Å². The summed E-state index contributed by atoms with van der Waals surface area (Å²) in [6.07, 6.45) is 3.06. The molecule has 0 unspecified atom stereocenters. The second kappa shape index (κ2) is 4.85. The van der Waals surface area contributed by atoms with Crippen molar-refractivity contribution < 1.29 is 18.1 Å². The molecule has 0 aromatic carbocycles. The van der Waals surface area contributed by atoms with Crippen LogP contribution in [0.2, 0.25) is 0 Å². The van der Waals surface area contributed by atoms with Gasteiger partial charge in [-0.05, 0) is 46.5 Å². The summed E-state index contributed by atoms with van der Waals surface area (Å²) in [5.74, 6) is -0.363. The van der Waals surface area contributed by atoms with Gasteiger partial charge < -0.3 is 9.31 Å². The van der Waals surface area contributed by atoms with Gasteiger partial charge in [-0.1, -0.05) is 12.1 Å². The zero-order valence-corrected chi connectivity index (χ0v) is 12.2. The molecular weight excluding hydrogens is 249 g/mol. The van der Waals surface area contributed by atoms with E-state index in [0.29, 0.717) is 12.8 Å². The van der Waals surface area contributed by atoms with E-state index >= 15 is 0 Å². The lowest BCUT2D eigenvalue weighted by Gasteiger charge is -2.32. The Balaban J connectivity index is 1.88. The summed E-state index contributed by atoms with van der Waals surface area (Å²) in [5, 5.41) is 0. The summed E-state index contributed by atoms with van der Waals surface area (Å²) < 4.78 is 37.8. The number of alkyl halides is 2. The normalized spacial score (nSPS) is 30.1. The van der Waals surface area contributed by atoms with E-state index in [4.69, 9.17) is 9.31 Å². The van der Waals surface area contributed by atoms with Crippen LogP contribution in [-0.4, -0.2) is 24.2 Å². The highest BCUT2D eigenvalue weighted by atomic mass is 19.3. The van der Waals surface area contributed by atoms with Crippen molar-refractivity contribution in [3.05, 3.63) is 12.1 Å². The molecule has 0 radical (unpaired) electrons. The molecule has 1 aliphatic carbocycles. The van der Waals surface area contributed by atoms with Crippen molar-refractivity contribution >= 4 is 7.12 Å². The summed E-state index contributed by atoms with van der Waals surface area (Å²) in [6, 6.07) is 0. The average molecular weight is 272 g/mol. The topological polar surface area (TPSA) is 18.5 Å². The van der Waals surface area contributed by atoms with E-state index in [9.17, 15) is 8.78 Å². The molecule has 1 aliphatic heterocycles. The highest BCUT2D eigenvalue weighted by Crippen LogP contribution is 2.39. The Kier molecular flexibility index (Phi) is 3.82. The number of hydrogen-bond acceptors (Lipinski definition) is 2. The first-order valence-corrected chi connectivity index (χ1v) is 7.03. The highest BCUT2D eigenvalue weighted by molar-refractivity contribution is 6.51. The molecule has 2 fully saturated rings. The summed E-state index contributed by atoms with van der Waals surface area (Å²) in [7, 11) is -0.368. The molecule has 0 atom stereocenters. The van der Waals surface area contributed by atoms with Crippen LogP contribution in [0.1, 0.15) is 53.4 Å². The molecule has 0 amide bonds. The Bertz CT molecular complexity index is 340. The van der Waals surface area contributed by atoms with Crippen molar-refractivity contribution in [2.45, 2.75) is 70.5 Å². The Morgan fingerprint density at radius 1 is 1.00 bits per heavy atom. The Morgan fingerprint density at radius 2 is 1.47 bits per heavy atom. The molecule has 1 saturated heterocycles. The summed E-state index contributed by atoms with van der Waals surface area (Å²) >= 11 is 0. The van der Waals surface area contributed by atoms with Gasteiger partial charge in [0.25, 0.3) is 0 Å². The SMILES string of the molecule is CC1(C)OB(C=CC2CCC(F)(F)CC2)OC1(C)C. The molecule has 0 aromatic heterocycles. The monoisotopic (exact) mass is 272 g/mol. The second-order valence-electron chi connectivity index (χ2n) is 6.70. The van der Waals surface area contributed by atoms with Crippen LogP contribution in [0.5, 0.6) is 0 Å². The maximum Gasteiger partial charge on any atom is 0.486 e. The van der Waals surface area contributed by atoms with Gasteiger partial charge in [0, 0.05) is 12.8 Å². The first kappa shape index (κ1) is 15.0. The van der Waals surface area contributed by atoms with Gasteiger partial charge in [-0.15, -0.1) is 0 Å². The van der Waals surface area contributed by atoms with E-state index in [1.54, 1.807) is 0 Å². The van der Waals surface area contributed by atoms with Crippen LogP contribution in [0.4, 0.5) is 8.78 Å². The van der Waals surface area contributed by atoms with Gasteiger partial charge in [0.1, 0.15) is 0 Å². The predicted molar refractivity (Wildman–Crippen MR) is 72.1 cm³/mol. The maximum atomic E-state index is 13.0. The molecule has 2 aliphatic rings. The zero-order chi connectivity index (χ0) is 14.3. The minimum absolute atomic E-state index is 0.00856. The van der Waals surface area contributed by atoms with E-state index in [0.717, 1.165) is 0 Å². The lowest BCUT2D eigenvalue weighted by molar-refractivity contribution is -0.0411. The fraction of sp³-hybridized carbons (Fsp3) is 0.857. The molecule has 0 N–H and O–H groups in total. The third-order valence-electron chi connectivity index (χ3n) is 4.57. The van der Waals surface area contributed by atoms with Gasteiger partial charge in [-0.25, -0.2) is 8.78 Å². The van der Waals surface area contributed by atoms with Crippen molar-refractivity contribution in [3.8, 4) is 0 Å². The van der Waals surface area contributed by atoms with E-state index in [2.05, 4.69) is 0 Å². The van der Waals surface area contributed by atoms with Gasteiger partial charge in [0.15, 0.2) is 0 Å². The van der Waals surface area contributed by atoms with Crippen molar-refractivity contribution in [2.75, 3.05) is 0 Å². The number of allylic oxidation sites excluding steroid dienone is 1. The third kappa shape index (κ3) is 3.37. The zero-order valence-electron chi connectivity index (χ0n) is 12.2. The van der Waals surface area contributed by atoms with Gasteiger partial charge >= 0.3 is 7.12 Å². The van der Waals surface area contributed by atoms with Crippen molar-refractivity contribution in [3.63, 3.8) is 0 Å². The van der Waals surface area contributed by atoms with Gasteiger partial charge in [0.05, 0.1) is 11.2 Å². The van der Waals surface area contributed by atoms with Crippen LogP contribution in [-0.2, 0) is 9.31 Å².